The quantitative estimate of drug-likeness (QED) is 0.764. The van der Waals surface area contributed by atoms with E-state index in [2.05, 4.69) is 93.5 Å². The molecule has 1 atom stereocenters. The normalized spacial score (nSPS) is 12.4. The molecular formula is C16H17Br2N. The molecule has 0 spiro atoms. The number of hydrogen-bond donors (Lipinski definition) is 1. The molecule has 0 saturated heterocycles. The molecule has 2 aromatic carbocycles. The van der Waals surface area contributed by atoms with Crippen LogP contribution >= 0.6 is 31.9 Å². The zero-order chi connectivity index (χ0) is 13.8. The Balaban J connectivity index is 2.44. The van der Waals surface area contributed by atoms with Crippen molar-refractivity contribution in [3.8, 4) is 0 Å². The Kier molecular flexibility index (Phi) is 5.20. The predicted octanol–water partition coefficient (Wildman–Crippen LogP) is 5.22. The summed E-state index contributed by atoms with van der Waals surface area (Å²) < 4.78 is 2.18. The molecule has 0 bridgehead atoms. The van der Waals surface area contributed by atoms with Crippen LogP contribution in [0.15, 0.2) is 51.4 Å². The van der Waals surface area contributed by atoms with Crippen LogP contribution in [-0.4, -0.2) is 6.54 Å². The maximum absolute atomic E-state index is 3.56. The van der Waals surface area contributed by atoms with Gasteiger partial charge in [-0.2, -0.15) is 0 Å². The highest BCUT2D eigenvalue weighted by molar-refractivity contribution is 9.11. The van der Waals surface area contributed by atoms with Gasteiger partial charge >= 0.3 is 0 Å². The first kappa shape index (κ1) is 14.8. The van der Waals surface area contributed by atoms with Gasteiger partial charge in [-0.1, -0.05) is 68.6 Å². The zero-order valence-electron chi connectivity index (χ0n) is 11.1. The van der Waals surface area contributed by atoms with Crippen LogP contribution in [-0.2, 0) is 0 Å². The summed E-state index contributed by atoms with van der Waals surface area (Å²) >= 11 is 7.12. The average Bonchev–Trinajstić information content (AvgIpc) is 2.34. The van der Waals surface area contributed by atoms with E-state index in [1.54, 1.807) is 0 Å². The lowest BCUT2D eigenvalue weighted by molar-refractivity contribution is 0.630. The minimum atomic E-state index is 0.221. The van der Waals surface area contributed by atoms with E-state index in [0.717, 1.165) is 15.5 Å². The van der Waals surface area contributed by atoms with Crippen molar-refractivity contribution >= 4 is 31.9 Å². The molecule has 0 aliphatic heterocycles. The van der Waals surface area contributed by atoms with Crippen molar-refractivity contribution < 1.29 is 0 Å². The molecule has 1 N–H and O–H groups in total. The first-order chi connectivity index (χ1) is 9.10. The summed E-state index contributed by atoms with van der Waals surface area (Å²) in [5.74, 6) is 0. The van der Waals surface area contributed by atoms with Crippen molar-refractivity contribution in [1.29, 1.82) is 0 Å². The van der Waals surface area contributed by atoms with Crippen LogP contribution < -0.4 is 5.32 Å². The molecule has 3 heteroatoms. The van der Waals surface area contributed by atoms with Crippen molar-refractivity contribution in [2.45, 2.75) is 19.9 Å². The van der Waals surface area contributed by atoms with Crippen molar-refractivity contribution in [2.75, 3.05) is 6.54 Å². The van der Waals surface area contributed by atoms with Gasteiger partial charge in [-0.25, -0.2) is 0 Å². The molecule has 0 heterocycles. The van der Waals surface area contributed by atoms with Crippen LogP contribution in [0.3, 0.4) is 0 Å². The summed E-state index contributed by atoms with van der Waals surface area (Å²) in [5.41, 5.74) is 3.84. The largest absolute Gasteiger partial charge is 0.307 e. The van der Waals surface area contributed by atoms with Crippen LogP contribution in [0.4, 0.5) is 0 Å². The molecular weight excluding hydrogens is 366 g/mol. The van der Waals surface area contributed by atoms with Crippen molar-refractivity contribution in [1.82, 2.24) is 5.32 Å². The zero-order valence-corrected chi connectivity index (χ0v) is 14.3. The molecule has 19 heavy (non-hydrogen) atoms. The highest BCUT2D eigenvalue weighted by Crippen LogP contribution is 2.28. The van der Waals surface area contributed by atoms with E-state index in [9.17, 15) is 0 Å². The van der Waals surface area contributed by atoms with Gasteiger partial charge in [0.25, 0.3) is 0 Å². The number of hydrogen-bond acceptors (Lipinski definition) is 1. The lowest BCUT2D eigenvalue weighted by Gasteiger charge is -2.20. The SMILES string of the molecule is CCNC(c1cccc(C)c1)c1cc(Br)cc(Br)c1. The lowest BCUT2D eigenvalue weighted by atomic mass is 9.97. The summed E-state index contributed by atoms with van der Waals surface area (Å²) in [4.78, 5) is 0. The maximum Gasteiger partial charge on any atom is 0.0577 e. The fourth-order valence-electron chi connectivity index (χ4n) is 2.22. The van der Waals surface area contributed by atoms with Crippen LogP contribution in [0.25, 0.3) is 0 Å². The van der Waals surface area contributed by atoms with Crippen LogP contribution in [0.2, 0.25) is 0 Å². The van der Waals surface area contributed by atoms with Gasteiger partial charge in [-0.3, -0.25) is 0 Å². The van der Waals surface area contributed by atoms with Gasteiger partial charge in [0.05, 0.1) is 6.04 Å². The van der Waals surface area contributed by atoms with Crippen LogP contribution in [0.5, 0.6) is 0 Å². The second-order valence-electron chi connectivity index (χ2n) is 4.61. The molecule has 100 valence electrons. The Morgan fingerprint density at radius 1 is 1.00 bits per heavy atom. The van der Waals surface area contributed by atoms with Gasteiger partial charge in [-0.05, 0) is 42.8 Å². The van der Waals surface area contributed by atoms with Crippen LogP contribution in [0.1, 0.15) is 29.7 Å². The maximum atomic E-state index is 3.56. The first-order valence-corrected chi connectivity index (χ1v) is 7.94. The second-order valence-corrected chi connectivity index (χ2v) is 6.44. The lowest BCUT2D eigenvalue weighted by Crippen LogP contribution is -2.22. The fraction of sp³-hybridized carbons (Fsp3) is 0.250. The summed E-state index contributed by atoms with van der Waals surface area (Å²) in [6, 6.07) is 15.3. The topological polar surface area (TPSA) is 12.0 Å². The third-order valence-electron chi connectivity index (χ3n) is 3.00. The van der Waals surface area contributed by atoms with Crippen molar-refractivity contribution in [3.63, 3.8) is 0 Å². The molecule has 0 aromatic heterocycles. The monoisotopic (exact) mass is 381 g/mol. The van der Waals surface area contributed by atoms with E-state index >= 15 is 0 Å². The van der Waals surface area contributed by atoms with Gasteiger partial charge in [0, 0.05) is 8.95 Å². The average molecular weight is 383 g/mol. The minimum Gasteiger partial charge on any atom is -0.307 e. The molecule has 0 aliphatic carbocycles. The van der Waals surface area contributed by atoms with Gasteiger partial charge in [0.1, 0.15) is 0 Å². The van der Waals surface area contributed by atoms with Crippen molar-refractivity contribution in [2.24, 2.45) is 0 Å². The molecule has 1 nitrogen and oxygen atoms in total. The highest BCUT2D eigenvalue weighted by atomic mass is 79.9. The molecule has 2 aromatic rings. The third kappa shape index (κ3) is 3.91. The molecule has 0 saturated carbocycles. The highest BCUT2D eigenvalue weighted by Gasteiger charge is 2.14. The Morgan fingerprint density at radius 2 is 1.68 bits per heavy atom. The Labute approximate surface area is 131 Å². The number of aryl methyl sites for hydroxylation is 1. The Morgan fingerprint density at radius 3 is 2.26 bits per heavy atom. The van der Waals surface area contributed by atoms with E-state index in [-0.39, 0.29) is 6.04 Å². The van der Waals surface area contributed by atoms with Gasteiger partial charge < -0.3 is 5.32 Å². The number of nitrogens with one attached hydrogen (secondary N) is 1. The standard InChI is InChI=1S/C16H17Br2N/c1-3-19-16(12-6-4-5-11(2)7-12)13-8-14(17)10-15(18)9-13/h4-10,16,19H,3H2,1-2H3. The molecule has 0 fully saturated rings. The molecule has 0 radical (unpaired) electrons. The summed E-state index contributed by atoms with van der Waals surface area (Å²) in [6.45, 7) is 5.20. The summed E-state index contributed by atoms with van der Waals surface area (Å²) in [7, 11) is 0. The smallest absolute Gasteiger partial charge is 0.0577 e. The van der Waals surface area contributed by atoms with E-state index in [1.165, 1.54) is 16.7 Å². The van der Waals surface area contributed by atoms with Gasteiger partial charge in [-0.15, -0.1) is 0 Å². The van der Waals surface area contributed by atoms with Gasteiger partial charge in [0.15, 0.2) is 0 Å². The van der Waals surface area contributed by atoms with Gasteiger partial charge in [0.2, 0.25) is 0 Å². The predicted molar refractivity (Wildman–Crippen MR) is 88.5 cm³/mol. The first-order valence-electron chi connectivity index (χ1n) is 6.36. The van der Waals surface area contributed by atoms with E-state index in [1.807, 2.05) is 0 Å². The van der Waals surface area contributed by atoms with E-state index in [4.69, 9.17) is 0 Å². The molecule has 1 unspecified atom stereocenters. The number of benzene rings is 2. The Bertz CT molecular complexity index is 546. The van der Waals surface area contributed by atoms with E-state index < -0.39 is 0 Å². The Hall–Kier alpha value is -0.640. The number of halogens is 2. The fourth-order valence-corrected chi connectivity index (χ4v) is 3.55. The summed E-state index contributed by atoms with van der Waals surface area (Å²) in [6.07, 6.45) is 0. The third-order valence-corrected chi connectivity index (χ3v) is 3.92. The molecule has 2 rings (SSSR count). The molecule has 0 amide bonds. The van der Waals surface area contributed by atoms with Crippen LogP contribution in [0, 0.1) is 6.92 Å². The minimum absolute atomic E-state index is 0.221. The number of rotatable bonds is 4. The summed E-state index contributed by atoms with van der Waals surface area (Å²) in [5, 5.41) is 3.56. The second kappa shape index (κ2) is 6.69. The van der Waals surface area contributed by atoms with Crippen molar-refractivity contribution in [3.05, 3.63) is 68.1 Å². The van der Waals surface area contributed by atoms with E-state index in [0.29, 0.717) is 0 Å². The molecule has 0 aliphatic rings.